The molecule has 1 heterocycles. The first-order valence-corrected chi connectivity index (χ1v) is 9.52. The molecule has 2 aromatic carbocycles. The lowest BCUT2D eigenvalue weighted by Crippen LogP contribution is -2.20. The molecule has 3 aromatic rings. The molecule has 0 fully saturated rings. The van der Waals surface area contributed by atoms with Crippen molar-refractivity contribution >= 4 is 33.1 Å². The molecule has 11 heteroatoms. The molecule has 150 valence electrons. The maximum atomic E-state index is 11.0. The highest BCUT2D eigenvalue weighted by Crippen LogP contribution is 2.24. The van der Waals surface area contributed by atoms with E-state index in [1.165, 1.54) is 0 Å². The summed E-state index contributed by atoms with van der Waals surface area (Å²) in [4.78, 5) is 15.5. The highest BCUT2D eigenvalue weighted by molar-refractivity contribution is 7.85. The molecule has 10 nitrogen and oxygen atoms in total. The van der Waals surface area contributed by atoms with Crippen LogP contribution in [0, 0.1) is 5.41 Å². The van der Waals surface area contributed by atoms with Crippen molar-refractivity contribution in [2.75, 3.05) is 6.26 Å². The number of aromatic carboxylic acids is 1. The Labute approximate surface area is 161 Å². The van der Waals surface area contributed by atoms with Crippen LogP contribution in [0.4, 0.5) is 0 Å². The maximum absolute atomic E-state index is 11.0. The van der Waals surface area contributed by atoms with Gasteiger partial charge >= 0.3 is 5.97 Å². The lowest BCUT2D eigenvalue weighted by atomic mass is 10.2. The van der Waals surface area contributed by atoms with Crippen LogP contribution < -0.4 is 11.5 Å². The third-order valence-electron chi connectivity index (χ3n) is 3.16. The monoisotopic (exact) mass is 407 g/mol. The highest BCUT2D eigenvalue weighted by atomic mass is 32.2. The summed E-state index contributed by atoms with van der Waals surface area (Å²) in [5.74, 6) is -0.438. The zero-order chi connectivity index (χ0) is 21.5. The van der Waals surface area contributed by atoms with Gasteiger partial charge in [-0.3, -0.25) is 9.96 Å². The van der Waals surface area contributed by atoms with Gasteiger partial charge in [0, 0.05) is 12.6 Å². The molecule has 28 heavy (non-hydrogen) atoms. The number of hydrogen-bond donors (Lipinski definition) is 5. The van der Waals surface area contributed by atoms with Crippen LogP contribution in [0.25, 0.3) is 22.4 Å². The van der Waals surface area contributed by atoms with Gasteiger partial charge < -0.3 is 21.1 Å². The molecule has 7 N–H and O–H groups in total. The number of aromatic nitrogens is 2. The summed E-state index contributed by atoms with van der Waals surface area (Å²) in [6.07, 6.45) is 0.715. The number of carbonyl (C=O) groups is 1. The molecule has 0 amide bonds. The van der Waals surface area contributed by atoms with Crippen LogP contribution >= 0.6 is 0 Å². The summed E-state index contributed by atoms with van der Waals surface area (Å²) in [6, 6.07) is 14.8. The normalized spacial score (nSPS) is 10.2. The quantitative estimate of drug-likeness (QED) is 0.239. The van der Waals surface area contributed by atoms with E-state index in [9.17, 15) is 13.2 Å². The number of fused-ring (bicyclic) bond motifs is 1. The number of imidazole rings is 1. The molecule has 1 aromatic heterocycles. The van der Waals surface area contributed by atoms with E-state index >= 15 is 0 Å². The van der Waals surface area contributed by atoms with Crippen molar-refractivity contribution in [1.82, 2.24) is 9.55 Å². The summed E-state index contributed by atoms with van der Waals surface area (Å²) in [6.45, 7) is 0. The van der Waals surface area contributed by atoms with E-state index in [1.807, 2.05) is 41.9 Å². The lowest BCUT2D eigenvalue weighted by molar-refractivity contribution is 0.0697. The Hall–Kier alpha value is -3.44. The van der Waals surface area contributed by atoms with Crippen molar-refractivity contribution in [2.45, 2.75) is 0 Å². The Morgan fingerprint density at radius 3 is 2.11 bits per heavy atom. The second-order valence-corrected chi connectivity index (χ2v) is 7.02. The van der Waals surface area contributed by atoms with Crippen LogP contribution in [0.2, 0.25) is 0 Å². The summed E-state index contributed by atoms with van der Waals surface area (Å²) in [7, 11) is -1.74. The summed E-state index contributed by atoms with van der Waals surface area (Å²) >= 11 is 0. The van der Waals surface area contributed by atoms with Gasteiger partial charge in [0.25, 0.3) is 10.1 Å². The molecule has 0 atom stereocenters. The Bertz CT molecular complexity index is 1070. The van der Waals surface area contributed by atoms with Gasteiger partial charge in [-0.05, 0) is 18.2 Å². The van der Waals surface area contributed by atoms with E-state index in [0.29, 0.717) is 11.8 Å². The molecule has 3 rings (SSSR count). The largest absolute Gasteiger partial charge is 0.478 e. The number of carboxylic acid groups (broad SMARTS) is 1. The molecule has 0 aliphatic heterocycles. The second kappa shape index (κ2) is 9.48. The van der Waals surface area contributed by atoms with Gasteiger partial charge in [0.05, 0.1) is 22.9 Å². The van der Waals surface area contributed by atoms with E-state index in [1.54, 1.807) is 18.2 Å². The minimum atomic E-state index is -3.67. The zero-order valence-corrected chi connectivity index (χ0v) is 16.0. The number of benzene rings is 2. The summed E-state index contributed by atoms with van der Waals surface area (Å²) in [5, 5.41) is 15.1. The fraction of sp³-hybridized carbons (Fsp3) is 0.118. The SMILES string of the molecule is CS(=O)(=O)O.Cn1c(-c2ccccc2)nc2cc(C(=O)O)ccc21.N=C(N)N. The number of hydrogen-bond acceptors (Lipinski definition) is 5. The highest BCUT2D eigenvalue weighted by Gasteiger charge is 2.11. The van der Waals surface area contributed by atoms with Gasteiger partial charge in [-0.25, -0.2) is 9.78 Å². The molecule has 0 radical (unpaired) electrons. The van der Waals surface area contributed by atoms with Gasteiger partial charge in [-0.15, -0.1) is 0 Å². The Morgan fingerprint density at radius 2 is 1.64 bits per heavy atom. The van der Waals surface area contributed by atoms with Crippen LogP contribution in [0.3, 0.4) is 0 Å². The lowest BCUT2D eigenvalue weighted by Gasteiger charge is -2.01. The predicted octanol–water partition coefficient (Wildman–Crippen LogP) is 1.28. The molecule has 0 bridgehead atoms. The van der Waals surface area contributed by atoms with Crippen molar-refractivity contribution in [2.24, 2.45) is 18.5 Å². The number of nitrogens with two attached hydrogens (primary N) is 2. The standard InChI is InChI=1S/C15H12N2O2.CH5N3.CH4O3S/c1-17-13-8-7-11(15(18)19)9-12(13)16-14(17)10-5-3-2-4-6-10;2-1(3)4;1-5(2,3)4/h2-9H,1H3,(H,18,19);(H5,2,3,4);1H3,(H,2,3,4). The van der Waals surface area contributed by atoms with Crippen LogP contribution in [0.1, 0.15) is 10.4 Å². The molecule has 0 spiro atoms. The van der Waals surface area contributed by atoms with Gasteiger partial charge in [0.1, 0.15) is 5.82 Å². The van der Waals surface area contributed by atoms with E-state index < -0.39 is 16.1 Å². The topological polar surface area (TPSA) is 185 Å². The van der Waals surface area contributed by atoms with E-state index in [-0.39, 0.29) is 11.5 Å². The van der Waals surface area contributed by atoms with Crippen molar-refractivity contribution < 1.29 is 22.9 Å². The molecule has 0 saturated carbocycles. The number of rotatable bonds is 2. The first kappa shape index (κ1) is 22.6. The van der Waals surface area contributed by atoms with E-state index in [2.05, 4.69) is 16.5 Å². The molecular formula is C17H21N5O5S. The number of nitrogens with one attached hydrogen (secondary N) is 1. The smallest absolute Gasteiger partial charge is 0.335 e. The third-order valence-corrected chi connectivity index (χ3v) is 3.16. The molecular weight excluding hydrogens is 386 g/mol. The Kier molecular flexibility index (Phi) is 7.65. The number of guanidine groups is 1. The Balaban J connectivity index is 0.000000369. The average Bonchev–Trinajstić information content (AvgIpc) is 2.90. The Morgan fingerprint density at radius 1 is 1.14 bits per heavy atom. The molecule has 0 aliphatic rings. The van der Waals surface area contributed by atoms with Crippen LogP contribution in [0.15, 0.2) is 48.5 Å². The molecule has 0 unspecified atom stereocenters. The number of nitrogens with zero attached hydrogens (tertiary/aromatic N) is 2. The first-order chi connectivity index (χ1) is 12.9. The van der Waals surface area contributed by atoms with Crippen LogP contribution in [-0.4, -0.2) is 45.8 Å². The predicted molar refractivity (Wildman–Crippen MR) is 107 cm³/mol. The summed E-state index contributed by atoms with van der Waals surface area (Å²) < 4.78 is 27.8. The summed E-state index contributed by atoms with van der Waals surface area (Å²) in [5.41, 5.74) is 11.8. The first-order valence-electron chi connectivity index (χ1n) is 7.67. The number of carboxylic acids is 1. The van der Waals surface area contributed by atoms with E-state index in [0.717, 1.165) is 16.9 Å². The molecule has 0 aliphatic carbocycles. The fourth-order valence-electron chi connectivity index (χ4n) is 2.18. The minimum absolute atomic E-state index is 0.255. The van der Waals surface area contributed by atoms with Crippen molar-refractivity contribution in [3.63, 3.8) is 0 Å². The van der Waals surface area contributed by atoms with Gasteiger partial charge in [0.15, 0.2) is 5.96 Å². The fourth-order valence-corrected chi connectivity index (χ4v) is 2.18. The van der Waals surface area contributed by atoms with Crippen molar-refractivity contribution in [3.8, 4) is 11.4 Å². The minimum Gasteiger partial charge on any atom is -0.478 e. The third kappa shape index (κ3) is 7.43. The maximum Gasteiger partial charge on any atom is 0.335 e. The average molecular weight is 407 g/mol. The zero-order valence-electron chi connectivity index (χ0n) is 15.2. The van der Waals surface area contributed by atoms with Gasteiger partial charge in [0.2, 0.25) is 0 Å². The van der Waals surface area contributed by atoms with Crippen LogP contribution in [0.5, 0.6) is 0 Å². The van der Waals surface area contributed by atoms with Crippen molar-refractivity contribution in [1.29, 1.82) is 5.41 Å². The van der Waals surface area contributed by atoms with Crippen molar-refractivity contribution in [3.05, 3.63) is 54.1 Å². The van der Waals surface area contributed by atoms with Gasteiger partial charge in [-0.2, -0.15) is 8.42 Å². The van der Waals surface area contributed by atoms with Gasteiger partial charge in [-0.1, -0.05) is 30.3 Å². The van der Waals surface area contributed by atoms with Crippen LogP contribution in [-0.2, 0) is 17.2 Å². The number of aryl methyl sites for hydroxylation is 1. The van der Waals surface area contributed by atoms with E-state index in [4.69, 9.17) is 15.1 Å². The second-order valence-electron chi connectivity index (χ2n) is 5.56. The molecule has 0 saturated heterocycles.